The highest BCUT2D eigenvalue weighted by Gasteiger charge is 2.55. The molecule has 1 saturated heterocycles. The smallest absolute Gasteiger partial charge is 0.321 e. The number of thioether (sulfide) groups is 1. The van der Waals surface area contributed by atoms with E-state index in [9.17, 15) is 4.79 Å². The van der Waals surface area contributed by atoms with Crippen LogP contribution in [0.15, 0.2) is 0 Å². The molecule has 2 saturated carbocycles. The first kappa shape index (κ1) is 9.04. The predicted octanol–water partition coefficient (Wildman–Crippen LogP) is 1.29. The van der Waals surface area contributed by atoms with Gasteiger partial charge in [-0.3, -0.25) is 10.1 Å². The Morgan fingerprint density at radius 1 is 1.50 bits per heavy atom. The number of carbonyl (C=O) groups is 1. The molecule has 0 radical (unpaired) electrons. The van der Waals surface area contributed by atoms with E-state index in [0.29, 0.717) is 0 Å². The number of hydrogen-bond acceptors (Lipinski definition) is 3. The third-order valence-corrected chi connectivity index (χ3v) is 5.65. The second-order valence-electron chi connectivity index (χ2n) is 4.82. The quantitative estimate of drug-likeness (QED) is 0.689. The van der Waals surface area contributed by atoms with Gasteiger partial charge in [-0.05, 0) is 37.5 Å². The van der Waals surface area contributed by atoms with Crippen LogP contribution in [0.25, 0.3) is 0 Å². The topological polar surface area (TPSA) is 49.3 Å². The first-order valence-electron chi connectivity index (χ1n) is 5.34. The molecule has 14 heavy (non-hydrogen) atoms. The Kier molecular flexibility index (Phi) is 1.86. The first-order valence-corrected chi connectivity index (χ1v) is 6.33. The van der Waals surface area contributed by atoms with E-state index in [0.717, 1.165) is 17.6 Å². The lowest BCUT2D eigenvalue weighted by atomic mass is 9.94. The van der Waals surface area contributed by atoms with Crippen molar-refractivity contribution in [2.75, 3.05) is 5.75 Å². The van der Waals surface area contributed by atoms with Crippen molar-refractivity contribution in [1.29, 1.82) is 0 Å². The summed E-state index contributed by atoms with van der Waals surface area (Å²) in [6.45, 7) is 0. The molecule has 2 N–H and O–H groups in total. The molecule has 3 fully saturated rings. The van der Waals surface area contributed by atoms with Gasteiger partial charge in [0.1, 0.15) is 6.04 Å². The number of fused-ring (bicyclic) bond motifs is 3. The average molecular weight is 213 g/mol. The highest BCUT2D eigenvalue weighted by Crippen LogP contribution is 2.57. The maximum atomic E-state index is 10.9. The van der Waals surface area contributed by atoms with Crippen LogP contribution in [-0.4, -0.2) is 27.7 Å². The summed E-state index contributed by atoms with van der Waals surface area (Å²) in [5, 5.41) is 12.3. The van der Waals surface area contributed by atoms with E-state index in [1.54, 1.807) is 0 Å². The number of nitrogens with one attached hydrogen (secondary N) is 1. The SMILES string of the molecule is O=C(O)[C@@H]1CSC2(CC3CCC2C3)N1. The maximum Gasteiger partial charge on any atom is 0.321 e. The Morgan fingerprint density at radius 2 is 2.36 bits per heavy atom. The van der Waals surface area contributed by atoms with Crippen LogP contribution >= 0.6 is 11.8 Å². The molecule has 4 heteroatoms. The highest BCUT2D eigenvalue weighted by molar-refractivity contribution is 8.01. The van der Waals surface area contributed by atoms with Crippen LogP contribution in [0.5, 0.6) is 0 Å². The van der Waals surface area contributed by atoms with Gasteiger partial charge in [0, 0.05) is 5.75 Å². The van der Waals surface area contributed by atoms with Crippen molar-refractivity contribution in [3.05, 3.63) is 0 Å². The van der Waals surface area contributed by atoms with Crippen LogP contribution in [0.4, 0.5) is 0 Å². The normalized spacial score (nSPS) is 50.4. The molecular weight excluding hydrogens is 198 g/mol. The van der Waals surface area contributed by atoms with Gasteiger partial charge in [-0.15, -0.1) is 11.8 Å². The molecule has 1 heterocycles. The Morgan fingerprint density at radius 3 is 2.86 bits per heavy atom. The summed E-state index contributed by atoms with van der Waals surface area (Å²) < 4.78 is 0. The Hall–Kier alpha value is -0.220. The van der Waals surface area contributed by atoms with Crippen molar-refractivity contribution in [1.82, 2.24) is 5.32 Å². The fraction of sp³-hybridized carbons (Fsp3) is 0.900. The summed E-state index contributed by atoms with van der Waals surface area (Å²) in [7, 11) is 0. The number of aliphatic carboxylic acids is 1. The molecule has 1 spiro atoms. The number of carboxylic acid groups (broad SMARTS) is 1. The van der Waals surface area contributed by atoms with Gasteiger partial charge in [0.05, 0.1) is 4.87 Å². The van der Waals surface area contributed by atoms with Gasteiger partial charge < -0.3 is 5.11 Å². The predicted molar refractivity (Wildman–Crippen MR) is 55.2 cm³/mol. The van der Waals surface area contributed by atoms with Crippen molar-refractivity contribution in [3.63, 3.8) is 0 Å². The van der Waals surface area contributed by atoms with Crippen LogP contribution in [0.1, 0.15) is 25.7 Å². The minimum atomic E-state index is -0.683. The summed E-state index contributed by atoms with van der Waals surface area (Å²) in [4.78, 5) is 11.0. The van der Waals surface area contributed by atoms with E-state index in [1.807, 2.05) is 11.8 Å². The molecule has 0 aromatic carbocycles. The summed E-state index contributed by atoms with van der Waals surface area (Å²) in [5.74, 6) is 1.67. The minimum Gasteiger partial charge on any atom is -0.480 e. The Bertz CT molecular complexity index is 283. The molecular formula is C10H15NO2S. The first-order chi connectivity index (χ1) is 6.70. The molecule has 78 valence electrons. The summed E-state index contributed by atoms with van der Waals surface area (Å²) in [5.41, 5.74) is 0. The van der Waals surface area contributed by atoms with Crippen molar-refractivity contribution < 1.29 is 9.90 Å². The standard InChI is InChI=1S/C10H15NO2S/c12-9(13)8-5-14-10(11-8)4-6-1-2-7(10)3-6/h6-8,11H,1-5H2,(H,12,13)/t6?,7?,8-,10?/m0/s1. The largest absolute Gasteiger partial charge is 0.480 e. The summed E-state index contributed by atoms with van der Waals surface area (Å²) >= 11 is 1.86. The molecule has 0 aromatic rings. The van der Waals surface area contributed by atoms with E-state index in [2.05, 4.69) is 5.32 Å². The molecule has 3 rings (SSSR count). The Labute approximate surface area is 87.6 Å². The lowest BCUT2D eigenvalue weighted by Gasteiger charge is -2.33. The van der Waals surface area contributed by atoms with Crippen molar-refractivity contribution in [3.8, 4) is 0 Å². The van der Waals surface area contributed by atoms with Gasteiger partial charge in [0.15, 0.2) is 0 Å². The van der Waals surface area contributed by atoms with E-state index in [-0.39, 0.29) is 10.9 Å². The molecule has 3 aliphatic rings. The van der Waals surface area contributed by atoms with Crippen LogP contribution < -0.4 is 5.32 Å². The van der Waals surface area contributed by atoms with Gasteiger partial charge >= 0.3 is 5.97 Å². The van der Waals surface area contributed by atoms with Crippen LogP contribution in [0.2, 0.25) is 0 Å². The molecule has 0 aromatic heterocycles. The Balaban J connectivity index is 1.78. The molecule has 2 bridgehead atoms. The van der Waals surface area contributed by atoms with Crippen molar-refractivity contribution in [2.24, 2.45) is 11.8 Å². The van der Waals surface area contributed by atoms with Gasteiger partial charge in [-0.2, -0.15) is 0 Å². The lowest BCUT2D eigenvalue weighted by molar-refractivity contribution is -0.139. The zero-order chi connectivity index (χ0) is 9.76. The molecule has 1 aliphatic heterocycles. The maximum absolute atomic E-state index is 10.9. The molecule has 2 aliphatic carbocycles. The van der Waals surface area contributed by atoms with Crippen LogP contribution in [0.3, 0.4) is 0 Å². The fourth-order valence-electron chi connectivity index (χ4n) is 3.38. The molecule has 3 unspecified atom stereocenters. The zero-order valence-electron chi connectivity index (χ0n) is 8.03. The minimum absolute atomic E-state index is 0.145. The number of rotatable bonds is 1. The monoisotopic (exact) mass is 213 g/mol. The number of carboxylic acids is 1. The van der Waals surface area contributed by atoms with E-state index >= 15 is 0 Å². The molecule has 4 atom stereocenters. The zero-order valence-corrected chi connectivity index (χ0v) is 8.85. The number of hydrogen-bond donors (Lipinski definition) is 2. The van der Waals surface area contributed by atoms with E-state index in [4.69, 9.17) is 5.11 Å². The highest BCUT2D eigenvalue weighted by atomic mass is 32.2. The fourth-order valence-corrected chi connectivity index (χ4v) is 5.10. The van der Waals surface area contributed by atoms with Gasteiger partial charge in [0.2, 0.25) is 0 Å². The lowest BCUT2D eigenvalue weighted by Crippen LogP contribution is -2.48. The molecule has 3 nitrogen and oxygen atoms in total. The van der Waals surface area contributed by atoms with Crippen molar-refractivity contribution >= 4 is 17.7 Å². The summed E-state index contributed by atoms with van der Waals surface area (Å²) in [6, 6.07) is -0.306. The van der Waals surface area contributed by atoms with E-state index in [1.165, 1.54) is 25.7 Å². The van der Waals surface area contributed by atoms with E-state index < -0.39 is 5.97 Å². The van der Waals surface area contributed by atoms with Gasteiger partial charge in [-0.1, -0.05) is 0 Å². The third kappa shape index (κ3) is 1.13. The van der Waals surface area contributed by atoms with Gasteiger partial charge in [-0.25, -0.2) is 0 Å². The van der Waals surface area contributed by atoms with Crippen LogP contribution in [0, 0.1) is 11.8 Å². The third-order valence-electron chi connectivity index (χ3n) is 4.02. The van der Waals surface area contributed by atoms with Crippen molar-refractivity contribution in [2.45, 2.75) is 36.6 Å². The molecule has 0 amide bonds. The summed E-state index contributed by atoms with van der Waals surface area (Å²) in [6.07, 6.45) is 5.20. The second-order valence-corrected chi connectivity index (χ2v) is 6.17. The average Bonchev–Trinajstić information content (AvgIpc) is 2.79. The van der Waals surface area contributed by atoms with Gasteiger partial charge in [0.25, 0.3) is 0 Å². The second kappa shape index (κ2) is 2.89. The van der Waals surface area contributed by atoms with Crippen LogP contribution in [-0.2, 0) is 4.79 Å².